The summed E-state index contributed by atoms with van der Waals surface area (Å²) in [4.78, 5) is 19.5. The smallest absolute Gasteiger partial charge is 0.252 e. The van der Waals surface area contributed by atoms with Crippen molar-refractivity contribution in [2.75, 3.05) is 0 Å². The number of pyridine rings is 1. The number of hydrogen-bond donors (Lipinski definition) is 1. The fourth-order valence-electron chi connectivity index (χ4n) is 1.87. The first-order chi connectivity index (χ1) is 10.3. The van der Waals surface area contributed by atoms with Crippen molar-refractivity contribution in [2.24, 2.45) is 5.73 Å². The second-order valence-electron chi connectivity index (χ2n) is 4.18. The molecule has 104 valence electrons. The minimum Gasteiger partial charge on any atom is -0.443 e. The number of primary amides is 1. The number of benzene rings is 1. The number of nitrogens with two attached hydrogens (primary N) is 1. The molecule has 2 aromatic heterocycles. The monoisotopic (exact) mass is 281 g/mol. The zero-order chi connectivity index (χ0) is 14.7. The zero-order valence-corrected chi connectivity index (χ0v) is 10.9. The topological polar surface area (TPSA) is 91.2 Å². The molecular weight excluding hydrogens is 270 g/mol. The summed E-state index contributed by atoms with van der Waals surface area (Å²) in [6.07, 6.45) is 4.47. The van der Waals surface area contributed by atoms with Gasteiger partial charge in [0.25, 0.3) is 5.91 Å². The van der Waals surface area contributed by atoms with Gasteiger partial charge in [0.05, 0.1) is 17.3 Å². The van der Waals surface area contributed by atoms with E-state index in [2.05, 4.69) is 9.97 Å². The van der Waals surface area contributed by atoms with Crippen molar-refractivity contribution < 1.29 is 13.9 Å². The molecule has 0 unspecified atom stereocenters. The number of para-hydroxylation sites is 1. The average Bonchev–Trinajstić information content (AvgIpc) is 3.02. The lowest BCUT2D eigenvalue weighted by Crippen LogP contribution is -2.12. The molecular formula is C15H11N3O3. The molecule has 0 radical (unpaired) electrons. The van der Waals surface area contributed by atoms with Gasteiger partial charge in [-0.2, -0.15) is 0 Å². The molecule has 1 amide bonds. The summed E-state index contributed by atoms with van der Waals surface area (Å²) >= 11 is 0. The third-order valence-electron chi connectivity index (χ3n) is 2.83. The number of amides is 1. The quantitative estimate of drug-likeness (QED) is 0.793. The molecule has 2 heterocycles. The maximum Gasteiger partial charge on any atom is 0.252 e. The Morgan fingerprint density at radius 2 is 2.05 bits per heavy atom. The van der Waals surface area contributed by atoms with Crippen LogP contribution in [0.15, 0.2) is 59.6 Å². The van der Waals surface area contributed by atoms with Crippen molar-refractivity contribution in [3.8, 4) is 23.0 Å². The summed E-state index contributed by atoms with van der Waals surface area (Å²) < 4.78 is 11.0. The number of carbonyl (C=O) groups excluding carboxylic acids is 1. The molecule has 0 spiro atoms. The van der Waals surface area contributed by atoms with Gasteiger partial charge in [-0.05, 0) is 24.3 Å². The standard InChI is InChI=1S/C15H11N3O3/c16-14(19)10-4-1-2-6-12(10)21-15-11(5-3-7-18-15)13-8-17-9-20-13/h1-9H,(H2,16,19). The summed E-state index contributed by atoms with van der Waals surface area (Å²) in [5.41, 5.74) is 6.25. The van der Waals surface area contributed by atoms with Gasteiger partial charge in [0.15, 0.2) is 12.2 Å². The molecule has 3 rings (SSSR count). The molecule has 3 aromatic rings. The van der Waals surface area contributed by atoms with Gasteiger partial charge >= 0.3 is 0 Å². The van der Waals surface area contributed by atoms with E-state index in [1.807, 2.05) is 0 Å². The Bertz CT molecular complexity index is 769. The molecule has 0 bridgehead atoms. The highest BCUT2D eigenvalue weighted by atomic mass is 16.5. The number of carbonyl (C=O) groups is 1. The van der Waals surface area contributed by atoms with Crippen molar-refractivity contribution >= 4 is 5.91 Å². The van der Waals surface area contributed by atoms with Crippen LogP contribution in [0.1, 0.15) is 10.4 Å². The second-order valence-corrected chi connectivity index (χ2v) is 4.18. The Morgan fingerprint density at radius 1 is 1.19 bits per heavy atom. The van der Waals surface area contributed by atoms with Crippen LogP contribution in [0.2, 0.25) is 0 Å². The molecule has 6 heteroatoms. The summed E-state index contributed by atoms with van der Waals surface area (Å²) in [5.74, 6) is 0.602. The van der Waals surface area contributed by atoms with E-state index in [0.29, 0.717) is 23.0 Å². The number of aromatic nitrogens is 2. The molecule has 0 aliphatic carbocycles. The van der Waals surface area contributed by atoms with Gasteiger partial charge in [-0.3, -0.25) is 4.79 Å². The van der Waals surface area contributed by atoms with E-state index in [-0.39, 0.29) is 5.56 Å². The minimum atomic E-state index is -0.567. The van der Waals surface area contributed by atoms with E-state index in [0.717, 1.165) is 0 Å². The molecule has 0 aliphatic rings. The normalized spacial score (nSPS) is 10.3. The number of ether oxygens (including phenoxy) is 1. The third-order valence-corrected chi connectivity index (χ3v) is 2.83. The predicted octanol–water partition coefficient (Wildman–Crippen LogP) is 2.63. The van der Waals surface area contributed by atoms with Crippen LogP contribution in [0.25, 0.3) is 11.3 Å². The predicted molar refractivity (Wildman–Crippen MR) is 74.8 cm³/mol. The Labute approximate surface area is 120 Å². The third kappa shape index (κ3) is 2.59. The molecule has 0 atom stereocenters. The minimum absolute atomic E-state index is 0.284. The van der Waals surface area contributed by atoms with Crippen LogP contribution in [-0.4, -0.2) is 15.9 Å². The fourth-order valence-corrected chi connectivity index (χ4v) is 1.87. The molecule has 0 saturated carbocycles. The zero-order valence-electron chi connectivity index (χ0n) is 10.9. The maximum atomic E-state index is 11.4. The van der Waals surface area contributed by atoms with Gasteiger partial charge in [-0.15, -0.1) is 0 Å². The molecule has 0 aliphatic heterocycles. The first kappa shape index (κ1) is 12.9. The van der Waals surface area contributed by atoms with E-state index in [1.165, 1.54) is 6.39 Å². The second kappa shape index (κ2) is 5.46. The average molecular weight is 281 g/mol. The van der Waals surface area contributed by atoms with E-state index >= 15 is 0 Å². The SMILES string of the molecule is NC(=O)c1ccccc1Oc1ncccc1-c1cnco1. The lowest BCUT2D eigenvalue weighted by atomic mass is 10.2. The summed E-state index contributed by atoms with van der Waals surface area (Å²) in [6.45, 7) is 0. The van der Waals surface area contributed by atoms with Crippen molar-refractivity contribution in [2.45, 2.75) is 0 Å². The summed E-state index contributed by atoms with van der Waals surface area (Å²) in [5, 5.41) is 0. The highest BCUT2D eigenvalue weighted by molar-refractivity contribution is 5.95. The summed E-state index contributed by atoms with van der Waals surface area (Å²) in [6, 6.07) is 10.2. The van der Waals surface area contributed by atoms with Gasteiger partial charge in [-0.25, -0.2) is 9.97 Å². The Balaban J connectivity index is 2.02. The van der Waals surface area contributed by atoms with Crippen LogP contribution in [0.4, 0.5) is 0 Å². The molecule has 1 aromatic carbocycles. The van der Waals surface area contributed by atoms with Crippen LogP contribution < -0.4 is 10.5 Å². The van der Waals surface area contributed by atoms with Gasteiger partial charge in [0, 0.05) is 6.20 Å². The van der Waals surface area contributed by atoms with Gasteiger partial charge in [0.1, 0.15) is 5.75 Å². The number of oxazole rings is 1. The highest BCUT2D eigenvalue weighted by Crippen LogP contribution is 2.32. The van der Waals surface area contributed by atoms with Crippen LogP contribution >= 0.6 is 0 Å². The Morgan fingerprint density at radius 3 is 2.81 bits per heavy atom. The molecule has 2 N–H and O–H groups in total. The number of hydrogen-bond acceptors (Lipinski definition) is 5. The first-order valence-electron chi connectivity index (χ1n) is 6.16. The van der Waals surface area contributed by atoms with E-state index < -0.39 is 5.91 Å². The first-order valence-corrected chi connectivity index (χ1v) is 6.16. The fraction of sp³-hybridized carbons (Fsp3) is 0. The Kier molecular flexibility index (Phi) is 3.34. The number of rotatable bonds is 4. The van der Waals surface area contributed by atoms with Crippen LogP contribution in [0.5, 0.6) is 11.6 Å². The molecule has 21 heavy (non-hydrogen) atoms. The maximum absolute atomic E-state index is 11.4. The van der Waals surface area contributed by atoms with E-state index in [1.54, 1.807) is 48.8 Å². The van der Waals surface area contributed by atoms with Gasteiger partial charge in [0.2, 0.25) is 5.88 Å². The van der Waals surface area contributed by atoms with E-state index in [9.17, 15) is 4.79 Å². The van der Waals surface area contributed by atoms with Crippen molar-refractivity contribution in [1.82, 2.24) is 9.97 Å². The van der Waals surface area contributed by atoms with Crippen LogP contribution in [0, 0.1) is 0 Å². The lowest BCUT2D eigenvalue weighted by Gasteiger charge is -2.10. The summed E-state index contributed by atoms with van der Waals surface area (Å²) in [7, 11) is 0. The van der Waals surface area contributed by atoms with Crippen molar-refractivity contribution in [3.63, 3.8) is 0 Å². The van der Waals surface area contributed by atoms with Gasteiger partial charge in [-0.1, -0.05) is 12.1 Å². The lowest BCUT2D eigenvalue weighted by molar-refractivity contribution is 0.0998. The Hall–Kier alpha value is -3.15. The van der Waals surface area contributed by atoms with Crippen LogP contribution in [0.3, 0.4) is 0 Å². The molecule has 0 fully saturated rings. The van der Waals surface area contributed by atoms with E-state index in [4.69, 9.17) is 14.9 Å². The number of nitrogens with zero attached hydrogens (tertiary/aromatic N) is 2. The highest BCUT2D eigenvalue weighted by Gasteiger charge is 2.14. The largest absolute Gasteiger partial charge is 0.443 e. The van der Waals surface area contributed by atoms with Crippen molar-refractivity contribution in [1.29, 1.82) is 0 Å². The molecule has 0 saturated heterocycles. The van der Waals surface area contributed by atoms with Crippen LogP contribution in [-0.2, 0) is 0 Å². The van der Waals surface area contributed by atoms with Crippen molar-refractivity contribution in [3.05, 3.63) is 60.7 Å². The van der Waals surface area contributed by atoms with Gasteiger partial charge < -0.3 is 14.9 Å². The molecule has 6 nitrogen and oxygen atoms in total.